The molecule has 0 bridgehead atoms. The van der Waals surface area contributed by atoms with Crippen molar-refractivity contribution in [3.8, 4) is 5.88 Å². The Morgan fingerprint density at radius 3 is 3.00 bits per heavy atom. The Hall–Kier alpha value is -2.48. The molecule has 2 fully saturated rings. The first-order valence-corrected chi connectivity index (χ1v) is 10.1. The molecule has 2 aliphatic heterocycles. The molecule has 3 aliphatic rings. The van der Waals surface area contributed by atoms with Crippen molar-refractivity contribution in [1.82, 2.24) is 30.0 Å². The zero-order valence-electron chi connectivity index (χ0n) is 16.2. The van der Waals surface area contributed by atoms with Crippen molar-refractivity contribution in [3.63, 3.8) is 0 Å². The van der Waals surface area contributed by atoms with Gasteiger partial charge in [-0.05, 0) is 38.3 Å². The molecule has 8 heteroatoms. The number of nitrogens with one attached hydrogen (secondary N) is 1. The minimum absolute atomic E-state index is 0.00300. The number of hydrogen-bond acceptors (Lipinski definition) is 6. The number of hydrogen-bond donors (Lipinski definition) is 1. The molecule has 0 unspecified atom stereocenters. The Morgan fingerprint density at radius 2 is 2.18 bits per heavy atom. The van der Waals surface area contributed by atoms with Crippen molar-refractivity contribution in [2.75, 3.05) is 20.2 Å². The van der Waals surface area contributed by atoms with Gasteiger partial charge in [0.2, 0.25) is 11.8 Å². The number of methoxy groups -OCH3 is 1. The highest BCUT2D eigenvalue weighted by atomic mass is 16.5. The summed E-state index contributed by atoms with van der Waals surface area (Å²) < 4.78 is 7.37. The molecule has 5 rings (SSSR count). The van der Waals surface area contributed by atoms with Crippen molar-refractivity contribution >= 4 is 5.91 Å². The third-order valence-corrected chi connectivity index (χ3v) is 6.47. The van der Waals surface area contributed by atoms with Crippen LogP contribution < -0.4 is 10.1 Å². The molecule has 1 saturated heterocycles. The number of amides is 1. The highest BCUT2D eigenvalue weighted by Crippen LogP contribution is 2.48. The van der Waals surface area contributed by atoms with E-state index in [4.69, 9.17) is 4.74 Å². The molecule has 2 atom stereocenters. The number of carbonyl (C=O) groups is 1. The van der Waals surface area contributed by atoms with Crippen LogP contribution in [-0.4, -0.2) is 50.8 Å². The molecule has 4 heterocycles. The fraction of sp³-hybridized carbons (Fsp3) is 0.600. The topological polar surface area (TPSA) is 85.2 Å². The number of pyridine rings is 1. The summed E-state index contributed by atoms with van der Waals surface area (Å²) in [5, 5.41) is 7.69. The first kappa shape index (κ1) is 17.6. The number of carbonyl (C=O) groups excluding carboxylic acids is 1. The zero-order valence-corrected chi connectivity index (χ0v) is 16.2. The maximum Gasteiger partial charge on any atom is 0.223 e. The van der Waals surface area contributed by atoms with E-state index in [2.05, 4.69) is 31.3 Å². The molecule has 1 aliphatic carbocycles. The summed E-state index contributed by atoms with van der Waals surface area (Å²) in [4.78, 5) is 23.9. The van der Waals surface area contributed by atoms with E-state index in [0.29, 0.717) is 5.88 Å². The van der Waals surface area contributed by atoms with Crippen molar-refractivity contribution < 1.29 is 9.53 Å². The standard InChI is InChI=1S/C20H26N6O2/c1-28-19-15(3-2-8-21-19)11-25-9-6-20(12-25)7-10-26-17(22-13-23-26)16(20)24-18(27)14-4-5-14/h2-3,8,13-14,16H,4-7,9-12H2,1H3,(H,24,27)/t16-,20-/m1/s1. The lowest BCUT2D eigenvalue weighted by molar-refractivity contribution is -0.124. The lowest BCUT2D eigenvalue weighted by Gasteiger charge is -2.41. The maximum atomic E-state index is 12.6. The lowest BCUT2D eigenvalue weighted by atomic mass is 9.74. The van der Waals surface area contributed by atoms with E-state index < -0.39 is 0 Å². The van der Waals surface area contributed by atoms with E-state index >= 15 is 0 Å². The maximum absolute atomic E-state index is 12.6. The monoisotopic (exact) mass is 382 g/mol. The van der Waals surface area contributed by atoms with E-state index in [9.17, 15) is 4.79 Å². The summed E-state index contributed by atoms with van der Waals surface area (Å²) in [6, 6.07) is 3.95. The first-order chi connectivity index (χ1) is 13.7. The predicted octanol–water partition coefficient (Wildman–Crippen LogP) is 1.54. The van der Waals surface area contributed by atoms with Crippen LogP contribution >= 0.6 is 0 Å². The van der Waals surface area contributed by atoms with E-state index in [1.54, 1.807) is 19.6 Å². The third-order valence-electron chi connectivity index (χ3n) is 6.47. The van der Waals surface area contributed by atoms with E-state index in [-0.39, 0.29) is 23.3 Å². The number of nitrogens with zero attached hydrogens (tertiary/aromatic N) is 5. The summed E-state index contributed by atoms with van der Waals surface area (Å²) >= 11 is 0. The molecule has 2 aromatic rings. The second-order valence-electron chi connectivity index (χ2n) is 8.30. The molecular weight excluding hydrogens is 356 g/mol. The van der Waals surface area contributed by atoms with Crippen LogP contribution in [0.3, 0.4) is 0 Å². The number of likely N-dealkylation sites (tertiary alicyclic amines) is 1. The van der Waals surface area contributed by atoms with Crippen LogP contribution in [0, 0.1) is 11.3 Å². The van der Waals surface area contributed by atoms with Crippen LogP contribution in [0.15, 0.2) is 24.7 Å². The molecule has 0 aromatic carbocycles. The molecule has 8 nitrogen and oxygen atoms in total. The molecular formula is C20H26N6O2. The summed E-state index contributed by atoms with van der Waals surface area (Å²) in [5.74, 6) is 1.95. The van der Waals surface area contributed by atoms with Crippen LogP contribution in [0.1, 0.15) is 43.1 Å². The van der Waals surface area contributed by atoms with E-state index in [1.807, 2.05) is 10.7 Å². The average Bonchev–Trinajstić information content (AvgIpc) is 3.33. The zero-order chi connectivity index (χ0) is 19.1. The highest BCUT2D eigenvalue weighted by molar-refractivity contribution is 5.81. The largest absolute Gasteiger partial charge is 0.481 e. The van der Waals surface area contributed by atoms with Crippen molar-refractivity contribution in [2.45, 2.75) is 44.8 Å². The Balaban J connectivity index is 1.38. The Bertz CT molecular complexity index is 879. The molecule has 1 spiro atoms. The van der Waals surface area contributed by atoms with Crippen LogP contribution in [0.25, 0.3) is 0 Å². The van der Waals surface area contributed by atoms with Gasteiger partial charge in [0.05, 0.1) is 13.2 Å². The molecule has 1 amide bonds. The fourth-order valence-corrected chi connectivity index (χ4v) is 4.77. The number of aryl methyl sites for hydroxylation is 1. The number of fused-ring (bicyclic) bond motifs is 1. The summed E-state index contributed by atoms with van der Waals surface area (Å²) in [7, 11) is 1.66. The van der Waals surface area contributed by atoms with Crippen LogP contribution in [-0.2, 0) is 17.9 Å². The van der Waals surface area contributed by atoms with Crippen LogP contribution in [0.5, 0.6) is 5.88 Å². The Kier molecular flexibility index (Phi) is 4.30. The highest BCUT2D eigenvalue weighted by Gasteiger charge is 2.50. The number of aromatic nitrogens is 4. The van der Waals surface area contributed by atoms with Gasteiger partial charge >= 0.3 is 0 Å². The van der Waals surface area contributed by atoms with Gasteiger partial charge in [0.15, 0.2) is 0 Å². The van der Waals surface area contributed by atoms with Gasteiger partial charge in [-0.2, -0.15) is 5.10 Å². The van der Waals surface area contributed by atoms with E-state index in [1.165, 1.54) is 0 Å². The fourth-order valence-electron chi connectivity index (χ4n) is 4.77. The van der Waals surface area contributed by atoms with Gasteiger partial charge in [0, 0.05) is 42.7 Å². The Labute approximate surface area is 164 Å². The summed E-state index contributed by atoms with van der Waals surface area (Å²) in [5.41, 5.74) is 1.10. The molecule has 148 valence electrons. The quantitative estimate of drug-likeness (QED) is 0.844. The molecule has 0 radical (unpaired) electrons. The lowest BCUT2D eigenvalue weighted by Crippen LogP contribution is -2.48. The van der Waals surface area contributed by atoms with Crippen LogP contribution in [0.4, 0.5) is 0 Å². The molecule has 28 heavy (non-hydrogen) atoms. The van der Waals surface area contributed by atoms with Crippen LogP contribution in [0.2, 0.25) is 0 Å². The molecule has 1 N–H and O–H groups in total. The summed E-state index contributed by atoms with van der Waals surface area (Å²) in [6.07, 6.45) is 7.41. The molecule has 1 saturated carbocycles. The van der Waals surface area contributed by atoms with Gasteiger partial charge < -0.3 is 10.1 Å². The van der Waals surface area contributed by atoms with Crippen molar-refractivity contribution in [3.05, 3.63) is 36.0 Å². The minimum Gasteiger partial charge on any atom is -0.481 e. The second kappa shape index (κ2) is 6.84. The van der Waals surface area contributed by atoms with Gasteiger partial charge in [-0.15, -0.1) is 0 Å². The van der Waals surface area contributed by atoms with Gasteiger partial charge in [-0.1, -0.05) is 6.07 Å². The van der Waals surface area contributed by atoms with Crippen molar-refractivity contribution in [1.29, 1.82) is 0 Å². The summed E-state index contributed by atoms with van der Waals surface area (Å²) in [6.45, 7) is 3.57. The normalized spacial score (nSPS) is 27.0. The van der Waals surface area contributed by atoms with Gasteiger partial charge in [0.25, 0.3) is 0 Å². The second-order valence-corrected chi connectivity index (χ2v) is 8.30. The molecule has 2 aromatic heterocycles. The predicted molar refractivity (Wildman–Crippen MR) is 101 cm³/mol. The number of ether oxygens (including phenoxy) is 1. The average molecular weight is 382 g/mol. The van der Waals surface area contributed by atoms with Gasteiger partial charge in [0.1, 0.15) is 12.2 Å². The smallest absolute Gasteiger partial charge is 0.223 e. The number of rotatable bonds is 5. The Morgan fingerprint density at radius 1 is 1.32 bits per heavy atom. The minimum atomic E-state index is -0.0716. The van der Waals surface area contributed by atoms with Gasteiger partial charge in [-0.25, -0.2) is 14.6 Å². The first-order valence-electron chi connectivity index (χ1n) is 10.1. The van der Waals surface area contributed by atoms with E-state index in [0.717, 1.165) is 63.3 Å². The van der Waals surface area contributed by atoms with Crippen molar-refractivity contribution in [2.24, 2.45) is 11.3 Å². The SMILES string of the molecule is COc1ncccc1CN1CC[C@@]2(CCn3ncnc3[C@H]2NC(=O)C2CC2)C1. The van der Waals surface area contributed by atoms with Gasteiger partial charge in [-0.3, -0.25) is 9.69 Å². The third kappa shape index (κ3) is 3.05.